The average Bonchev–Trinajstić information content (AvgIpc) is 3.47. The minimum atomic E-state index is -4.80. The highest BCUT2D eigenvalue weighted by Crippen LogP contribution is 2.39. The van der Waals surface area contributed by atoms with Crippen molar-refractivity contribution in [3.8, 4) is 16.9 Å². The highest BCUT2D eigenvalue weighted by Gasteiger charge is 2.37. The Morgan fingerprint density at radius 2 is 1.37 bits per heavy atom. The molecule has 4 aromatic carbocycles. The van der Waals surface area contributed by atoms with Crippen LogP contribution >= 0.6 is 0 Å². The van der Waals surface area contributed by atoms with E-state index in [2.05, 4.69) is 0 Å². The molecule has 262 valence electrons. The lowest BCUT2D eigenvalue weighted by atomic mass is 9.93. The van der Waals surface area contributed by atoms with Crippen LogP contribution in [0.2, 0.25) is 0 Å². The minimum absolute atomic E-state index is 0.0158. The van der Waals surface area contributed by atoms with Crippen molar-refractivity contribution in [1.82, 2.24) is 0 Å². The Hall–Kier alpha value is -5.45. The maximum absolute atomic E-state index is 13.6. The summed E-state index contributed by atoms with van der Waals surface area (Å²) in [5.41, 5.74) is 6.31. The fourth-order valence-corrected chi connectivity index (χ4v) is 5.76. The molecule has 0 fully saturated rings. The van der Waals surface area contributed by atoms with Crippen LogP contribution in [0.25, 0.3) is 21.9 Å². The molecule has 0 amide bonds. The van der Waals surface area contributed by atoms with E-state index in [0.29, 0.717) is 6.08 Å². The van der Waals surface area contributed by atoms with Crippen molar-refractivity contribution >= 4 is 16.5 Å². The Balaban J connectivity index is 1.16. The second-order valence-corrected chi connectivity index (χ2v) is 12.1. The molecule has 1 unspecified atom stereocenters. The van der Waals surface area contributed by atoms with Gasteiger partial charge in [0.15, 0.2) is 0 Å². The number of rotatable bonds is 6. The minimum Gasteiger partial charge on any atom is -0.487 e. The second kappa shape index (κ2) is 13.7. The van der Waals surface area contributed by atoms with Crippen LogP contribution in [0.1, 0.15) is 29.0 Å². The van der Waals surface area contributed by atoms with Gasteiger partial charge in [0, 0.05) is 11.5 Å². The predicted octanol–water partition coefficient (Wildman–Crippen LogP) is 12.1. The van der Waals surface area contributed by atoms with E-state index >= 15 is 0 Å². The zero-order valence-electron chi connectivity index (χ0n) is 26.5. The third-order valence-corrected chi connectivity index (χ3v) is 8.56. The summed E-state index contributed by atoms with van der Waals surface area (Å²) in [6.45, 7) is 0.0158. The zero-order valence-corrected chi connectivity index (χ0v) is 26.5. The molecule has 51 heavy (non-hydrogen) atoms. The van der Waals surface area contributed by atoms with E-state index in [1.54, 1.807) is 12.2 Å². The number of fused-ring (bicyclic) bond motifs is 1. The van der Waals surface area contributed by atoms with Gasteiger partial charge in [0.05, 0.1) is 16.8 Å². The highest BCUT2D eigenvalue weighted by molar-refractivity contribution is 5.88. The summed E-state index contributed by atoms with van der Waals surface area (Å²) >= 11 is 0. The Morgan fingerprint density at radius 1 is 0.667 bits per heavy atom. The molecule has 0 bridgehead atoms. The number of benzene rings is 4. The highest BCUT2D eigenvalue weighted by atomic mass is 19.4. The second-order valence-electron chi connectivity index (χ2n) is 12.1. The van der Waals surface area contributed by atoms with E-state index in [-0.39, 0.29) is 35.1 Å². The molecule has 2 N–H and O–H groups in total. The molecule has 0 aromatic heterocycles. The number of halogens is 9. The van der Waals surface area contributed by atoms with Gasteiger partial charge in [-0.1, -0.05) is 91.1 Å². The molecule has 6 rings (SSSR count). The summed E-state index contributed by atoms with van der Waals surface area (Å²) in [5.74, 6) is -0.348. The number of alkyl halides is 9. The Bertz CT molecular complexity index is 2140. The lowest BCUT2D eigenvalue weighted by molar-refractivity contribution is -0.137. The lowest BCUT2D eigenvalue weighted by Crippen LogP contribution is -2.12. The standard InChI is InChI=1S/C40H28F9NO/c41-38(42,43)33-14-15-34(39(44,45)46)21-32(20-33)26-3-1-2-25(8-9-26)28-10-12-31-19-29(11-13-30(31)18-28)27-6-4-24(5-7-27)23-51-37-22-35(40(47,48)49)16-17-36(37)50/h1-14,16-22,25H,15,23,50H2. The van der Waals surface area contributed by atoms with Gasteiger partial charge in [0.25, 0.3) is 0 Å². The van der Waals surface area contributed by atoms with Gasteiger partial charge in [0.2, 0.25) is 0 Å². The molecule has 2 nitrogen and oxygen atoms in total. The number of nitrogen functional groups attached to an aromatic ring is 1. The summed E-state index contributed by atoms with van der Waals surface area (Å²) < 4.78 is 126. The van der Waals surface area contributed by atoms with E-state index in [1.807, 2.05) is 66.7 Å². The van der Waals surface area contributed by atoms with Gasteiger partial charge in [-0.15, -0.1) is 0 Å². The van der Waals surface area contributed by atoms with Crippen molar-refractivity contribution in [2.45, 2.75) is 37.5 Å². The third kappa shape index (κ3) is 8.30. The van der Waals surface area contributed by atoms with Crippen LogP contribution in [0.15, 0.2) is 150 Å². The first-order valence-corrected chi connectivity index (χ1v) is 15.6. The van der Waals surface area contributed by atoms with Gasteiger partial charge >= 0.3 is 18.5 Å². The maximum atomic E-state index is 13.6. The fraction of sp³-hybridized carbons (Fsp3) is 0.150. The van der Waals surface area contributed by atoms with Gasteiger partial charge < -0.3 is 10.5 Å². The first-order chi connectivity index (χ1) is 24.0. The number of hydrogen-bond acceptors (Lipinski definition) is 2. The van der Waals surface area contributed by atoms with Crippen LogP contribution in [0.3, 0.4) is 0 Å². The van der Waals surface area contributed by atoms with Gasteiger partial charge in [-0.25, -0.2) is 0 Å². The van der Waals surface area contributed by atoms with Gasteiger partial charge in [-0.3, -0.25) is 0 Å². The number of hydrogen-bond donors (Lipinski definition) is 1. The van der Waals surface area contributed by atoms with Crippen LogP contribution in [0.5, 0.6) is 5.75 Å². The Labute approximate surface area is 287 Å². The van der Waals surface area contributed by atoms with E-state index in [0.717, 1.165) is 63.4 Å². The molecule has 0 spiro atoms. The van der Waals surface area contributed by atoms with Crippen LogP contribution in [-0.2, 0) is 12.8 Å². The normalized spacial score (nSPS) is 16.9. The zero-order chi connectivity index (χ0) is 36.6. The molecule has 1 atom stereocenters. The van der Waals surface area contributed by atoms with Crippen LogP contribution in [0, 0.1) is 0 Å². The number of anilines is 1. The van der Waals surface area contributed by atoms with Gasteiger partial charge in [-0.2, -0.15) is 39.5 Å². The Morgan fingerprint density at radius 3 is 2.08 bits per heavy atom. The molecule has 0 saturated heterocycles. The molecule has 0 radical (unpaired) electrons. The van der Waals surface area contributed by atoms with Crippen LogP contribution in [0.4, 0.5) is 45.2 Å². The van der Waals surface area contributed by atoms with Crippen molar-refractivity contribution in [2.75, 3.05) is 5.73 Å². The van der Waals surface area contributed by atoms with Crippen molar-refractivity contribution < 1.29 is 44.3 Å². The topological polar surface area (TPSA) is 35.2 Å². The molecule has 11 heteroatoms. The van der Waals surface area contributed by atoms with Crippen molar-refractivity contribution in [2.24, 2.45) is 0 Å². The summed E-state index contributed by atoms with van der Waals surface area (Å²) in [6.07, 6.45) is -4.69. The third-order valence-electron chi connectivity index (χ3n) is 8.56. The smallest absolute Gasteiger partial charge is 0.416 e. The van der Waals surface area contributed by atoms with E-state index in [4.69, 9.17) is 10.5 Å². The SMILES string of the molecule is Nc1ccc(C(F)(F)F)cc1OCc1ccc(-c2ccc3cc(C4C=CC=C(C5=CC(C(F)(F)F)=CCC(C(F)(F)F)=C5)C=C4)ccc3c2)cc1. The maximum Gasteiger partial charge on any atom is 0.416 e. The summed E-state index contributed by atoms with van der Waals surface area (Å²) in [7, 11) is 0. The van der Waals surface area contributed by atoms with Crippen molar-refractivity contribution in [3.63, 3.8) is 0 Å². The lowest BCUT2D eigenvalue weighted by Gasteiger charge is -2.13. The molecular formula is C40H28F9NO. The van der Waals surface area contributed by atoms with Crippen LogP contribution < -0.4 is 10.5 Å². The predicted molar refractivity (Wildman–Crippen MR) is 180 cm³/mol. The number of ether oxygens (including phenoxy) is 1. The van der Waals surface area contributed by atoms with E-state index in [1.165, 1.54) is 12.2 Å². The van der Waals surface area contributed by atoms with E-state index < -0.39 is 41.7 Å². The summed E-state index contributed by atoms with van der Waals surface area (Å²) in [6, 6.07) is 22.0. The number of allylic oxidation sites excluding steroid dienone is 12. The molecule has 4 aromatic rings. The number of nitrogens with two attached hydrogens (primary N) is 1. The van der Waals surface area contributed by atoms with Crippen LogP contribution in [-0.4, -0.2) is 12.4 Å². The first-order valence-electron chi connectivity index (χ1n) is 15.6. The van der Waals surface area contributed by atoms with Crippen molar-refractivity contribution in [3.05, 3.63) is 166 Å². The molecule has 0 heterocycles. The average molecular weight is 710 g/mol. The first kappa shape index (κ1) is 35.4. The molecule has 2 aliphatic rings. The Kier molecular flexibility index (Phi) is 9.50. The summed E-state index contributed by atoms with van der Waals surface area (Å²) in [5, 5.41) is 1.85. The molecule has 2 aliphatic carbocycles. The fourth-order valence-electron chi connectivity index (χ4n) is 5.76. The summed E-state index contributed by atoms with van der Waals surface area (Å²) in [4.78, 5) is 0. The van der Waals surface area contributed by atoms with E-state index in [9.17, 15) is 39.5 Å². The van der Waals surface area contributed by atoms with Gasteiger partial charge in [0.1, 0.15) is 12.4 Å². The molecular weight excluding hydrogens is 681 g/mol. The van der Waals surface area contributed by atoms with Gasteiger partial charge in [-0.05, 0) is 87.0 Å². The molecule has 0 aliphatic heterocycles. The molecule has 0 saturated carbocycles. The van der Waals surface area contributed by atoms with Crippen molar-refractivity contribution in [1.29, 1.82) is 0 Å². The quantitative estimate of drug-likeness (QED) is 0.160. The largest absolute Gasteiger partial charge is 0.487 e. The monoisotopic (exact) mass is 709 g/mol.